The summed E-state index contributed by atoms with van der Waals surface area (Å²) in [5, 5.41) is 0. The second kappa shape index (κ2) is 3.00. The number of aromatic nitrogens is 5. The number of imidazole rings is 2. The molecule has 0 saturated carbocycles. The normalized spacial score (nSPS) is 13.1. The first kappa shape index (κ1) is 9.27. The Bertz CT molecular complexity index is 947. The number of rotatable bonds is 0. The van der Waals surface area contributed by atoms with E-state index in [1.54, 1.807) is 0 Å². The summed E-state index contributed by atoms with van der Waals surface area (Å²) in [7, 11) is 0. The Labute approximate surface area is 108 Å². The Morgan fingerprint density at radius 3 is 3.21 bits per heavy atom. The monoisotopic (exact) mass is 248 g/mol. The van der Waals surface area contributed by atoms with Crippen molar-refractivity contribution in [1.29, 1.82) is 0 Å². The highest BCUT2D eigenvalue weighted by Gasteiger charge is 2.30. The van der Waals surface area contributed by atoms with Crippen LogP contribution in [0.25, 0.3) is 22.7 Å². The standard InChI is InChI=1S/C14H10N5/c1-2-10-7-19-12(13(10)16-3-1)9-17-8-11-6-15-4-5-18(11)14(17)19/h1-6,8-9H,7H2/q+1. The van der Waals surface area contributed by atoms with Crippen molar-refractivity contribution in [2.24, 2.45) is 0 Å². The first-order chi connectivity index (χ1) is 9.42. The minimum absolute atomic E-state index is 0.878. The minimum atomic E-state index is 0.878. The molecule has 1 aliphatic rings. The number of hydrogen-bond acceptors (Lipinski definition) is 2. The molecule has 0 fully saturated rings. The Morgan fingerprint density at radius 1 is 1.21 bits per heavy atom. The summed E-state index contributed by atoms with van der Waals surface area (Å²) in [5.74, 6) is 1.14. The molecule has 1 aliphatic heterocycles. The average Bonchev–Trinajstić information content (AvgIpc) is 3.05. The topological polar surface area (TPSA) is 39.2 Å². The van der Waals surface area contributed by atoms with E-state index in [-0.39, 0.29) is 0 Å². The van der Waals surface area contributed by atoms with Crippen LogP contribution in [0.1, 0.15) is 5.56 Å². The lowest BCUT2D eigenvalue weighted by molar-refractivity contribution is -0.508. The van der Waals surface area contributed by atoms with Crippen LogP contribution in [0.2, 0.25) is 0 Å². The largest absolute Gasteiger partial charge is 0.375 e. The van der Waals surface area contributed by atoms with E-state index in [1.807, 2.05) is 30.9 Å². The van der Waals surface area contributed by atoms with Gasteiger partial charge < -0.3 is 0 Å². The molecule has 4 aromatic heterocycles. The van der Waals surface area contributed by atoms with Gasteiger partial charge in [0.2, 0.25) is 0 Å². The van der Waals surface area contributed by atoms with E-state index in [9.17, 15) is 0 Å². The Balaban J connectivity index is 1.94. The van der Waals surface area contributed by atoms with Gasteiger partial charge in [0.1, 0.15) is 18.1 Å². The van der Waals surface area contributed by atoms with Crippen molar-refractivity contribution in [2.45, 2.75) is 6.54 Å². The molecule has 5 heteroatoms. The molecule has 19 heavy (non-hydrogen) atoms. The maximum Gasteiger partial charge on any atom is 0.375 e. The zero-order valence-electron chi connectivity index (χ0n) is 10.1. The van der Waals surface area contributed by atoms with E-state index in [2.05, 4.69) is 41.8 Å². The highest BCUT2D eigenvalue weighted by molar-refractivity contribution is 5.66. The van der Waals surface area contributed by atoms with Crippen molar-refractivity contribution in [3.05, 3.63) is 54.9 Å². The van der Waals surface area contributed by atoms with Gasteiger partial charge in [-0.2, -0.15) is 4.40 Å². The molecule has 0 aromatic carbocycles. The van der Waals surface area contributed by atoms with Gasteiger partial charge in [0.05, 0.1) is 25.1 Å². The Kier molecular flexibility index (Phi) is 1.46. The SMILES string of the molecule is c1cnc2c(c1)Cn1c-2c[n+]2cc3cnccn3c12. The van der Waals surface area contributed by atoms with Gasteiger partial charge in [-0.05, 0) is 6.07 Å². The predicted molar refractivity (Wildman–Crippen MR) is 68.7 cm³/mol. The summed E-state index contributed by atoms with van der Waals surface area (Å²) in [6, 6.07) is 4.14. The number of pyridine rings is 1. The predicted octanol–water partition coefficient (Wildman–Crippen LogP) is 1.30. The van der Waals surface area contributed by atoms with Crippen molar-refractivity contribution < 1.29 is 4.40 Å². The molecule has 5 heterocycles. The van der Waals surface area contributed by atoms with Gasteiger partial charge >= 0.3 is 5.78 Å². The number of fused-ring (bicyclic) bond motifs is 7. The summed E-state index contributed by atoms with van der Waals surface area (Å²) in [4.78, 5) is 8.66. The van der Waals surface area contributed by atoms with Gasteiger partial charge in [-0.3, -0.25) is 9.97 Å². The van der Waals surface area contributed by atoms with Crippen molar-refractivity contribution in [3.63, 3.8) is 0 Å². The molecule has 0 amide bonds. The molecule has 0 spiro atoms. The summed E-state index contributed by atoms with van der Waals surface area (Å²) in [6.07, 6.45) is 11.8. The van der Waals surface area contributed by atoms with Crippen LogP contribution < -0.4 is 4.40 Å². The van der Waals surface area contributed by atoms with Gasteiger partial charge in [0, 0.05) is 11.8 Å². The highest BCUT2D eigenvalue weighted by Crippen LogP contribution is 2.30. The van der Waals surface area contributed by atoms with Crippen LogP contribution in [0, 0.1) is 0 Å². The van der Waals surface area contributed by atoms with E-state index >= 15 is 0 Å². The van der Waals surface area contributed by atoms with Crippen molar-refractivity contribution in [2.75, 3.05) is 0 Å². The second-order valence-corrected chi connectivity index (χ2v) is 4.82. The maximum atomic E-state index is 4.50. The van der Waals surface area contributed by atoms with Crippen LogP contribution in [0.4, 0.5) is 0 Å². The molecular formula is C14H10N5+. The van der Waals surface area contributed by atoms with Crippen LogP contribution >= 0.6 is 0 Å². The van der Waals surface area contributed by atoms with Crippen LogP contribution in [0.15, 0.2) is 49.3 Å². The average molecular weight is 248 g/mol. The minimum Gasteiger partial charge on any atom is -0.258 e. The fourth-order valence-corrected chi connectivity index (χ4v) is 2.96. The van der Waals surface area contributed by atoms with E-state index in [1.165, 1.54) is 11.3 Å². The fraction of sp³-hybridized carbons (Fsp3) is 0.0714. The molecule has 90 valence electrons. The third-order valence-corrected chi connectivity index (χ3v) is 3.76. The van der Waals surface area contributed by atoms with Gasteiger partial charge in [-0.15, -0.1) is 0 Å². The first-order valence-electron chi connectivity index (χ1n) is 6.22. The summed E-state index contributed by atoms with van der Waals surface area (Å²) < 4.78 is 6.59. The lowest BCUT2D eigenvalue weighted by Crippen LogP contribution is -2.16. The molecule has 0 N–H and O–H groups in total. The van der Waals surface area contributed by atoms with E-state index in [4.69, 9.17) is 0 Å². The molecule has 0 saturated heterocycles. The number of nitrogens with zero attached hydrogens (tertiary/aromatic N) is 5. The van der Waals surface area contributed by atoms with Gasteiger partial charge in [-0.1, -0.05) is 6.07 Å². The molecule has 0 unspecified atom stereocenters. The lowest BCUT2D eigenvalue weighted by Gasteiger charge is -1.92. The van der Waals surface area contributed by atoms with E-state index in [0.29, 0.717) is 0 Å². The van der Waals surface area contributed by atoms with E-state index < -0.39 is 0 Å². The zero-order chi connectivity index (χ0) is 12.4. The van der Waals surface area contributed by atoms with E-state index in [0.717, 1.165) is 23.5 Å². The molecular weight excluding hydrogens is 238 g/mol. The maximum absolute atomic E-state index is 4.50. The van der Waals surface area contributed by atoms with Crippen LogP contribution in [-0.4, -0.2) is 18.9 Å². The van der Waals surface area contributed by atoms with Crippen LogP contribution in [0.3, 0.4) is 0 Å². The quantitative estimate of drug-likeness (QED) is 0.387. The molecule has 0 aliphatic carbocycles. The zero-order valence-corrected chi connectivity index (χ0v) is 10.1. The summed E-state index contributed by atoms with van der Waals surface area (Å²) >= 11 is 0. The highest BCUT2D eigenvalue weighted by atomic mass is 15.2. The fourth-order valence-electron chi connectivity index (χ4n) is 2.96. The lowest BCUT2D eigenvalue weighted by atomic mass is 10.2. The third kappa shape index (κ3) is 1.03. The molecule has 0 bridgehead atoms. The van der Waals surface area contributed by atoms with Crippen molar-refractivity contribution in [1.82, 2.24) is 18.9 Å². The van der Waals surface area contributed by atoms with Crippen LogP contribution in [0.5, 0.6) is 0 Å². The Morgan fingerprint density at radius 2 is 2.21 bits per heavy atom. The second-order valence-electron chi connectivity index (χ2n) is 4.82. The van der Waals surface area contributed by atoms with Crippen molar-refractivity contribution >= 4 is 11.3 Å². The first-order valence-corrected chi connectivity index (χ1v) is 6.22. The van der Waals surface area contributed by atoms with Gasteiger partial charge in [0.15, 0.2) is 11.2 Å². The molecule has 0 atom stereocenters. The molecule has 4 aromatic rings. The summed E-state index contributed by atoms with van der Waals surface area (Å²) in [6.45, 7) is 0.878. The van der Waals surface area contributed by atoms with Gasteiger partial charge in [-0.25, -0.2) is 8.97 Å². The van der Waals surface area contributed by atoms with Crippen LogP contribution in [-0.2, 0) is 6.54 Å². The number of hydrogen-bond donors (Lipinski definition) is 0. The smallest absolute Gasteiger partial charge is 0.258 e. The molecule has 0 radical (unpaired) electrons. The van der Waals surface area contributed by atoms with Gasteiger partial charge in [0.25, 0.3) is 0 Å². The summed E-state index contributed by atoms with van der Waals surface area (Å²) in [5.41, 5.74) is 4.64. The molecule has 5 nitrogen and oxygen atoms in total. The van der Waals surface area contributed by atoms with Crippen molar-refractivity contribution in [3.8, 4) is 11.4 Å². The molecule has 5 rings (SSSR count). The third-order valence-electron chi connectivity index (χ3n) is 3.76. The Hall–Kier alpha value is -2.69.